The van der Waals surface area contributed by atoms with E-state index in [-0.39, 0.29) is 0 Å². The Morgan fingerprint density at radius 1 is 1.38 bits per heavy atom. The van der Waals surface area contributed by atoms with Gasteiger partial charge in [0.2, 0.25) is 0 Å². The Kier molecular flexibility index (Phi) is 3.59. The maximum Gasteiger partial charge on any atom is 0.0903 e. The molecule has 2 nitrogen and oxygen atoms in total. The average Bonchev–Trinajstić information content (AvgIpc) is 2.61. The van der Waals surface area contributed by atoms with E-state index in [1.807, 2.05) is 31.2 Å². The van der Waals surface area contributed by atoms with Crippen LogP contribution in [0, 0.1) is 6.92 Å². The predicted octanol–water partition coefficient (Wildman–Crippen LogP) is 3.27. The Labute approximate surface area is 104 Å². The predicted molar refractivity (Wildman–Crippen MR) is 70.1 cm³/mol. The highest BCUT2D eigenvalue weighted by Crippen LogP contribution is 2.34. The first kappa shape index (κ1) is 11.6. The van der Waals surface area contributed by atoms with Crippen molar-refractivity contribution in [1.82, 2.24) is 4.98 Å². The molecule has 0 unspecified atom stereocenters. The Balaban J connectivity index is 2.51. The zero-order valence-electron chi connectivity index (χ0n) is 9.03. The summed E-state index contributed by atoms with van der Waals surface area (Å²) in [5.41, 5.74) is 7.69. The van der Waals surface area contributed by atoms with Crippen molar-refractivity contribution < 1.29 is 0 Å². The SMILES string of the molecule is Cc1nc(CCN)c(-c2ccccc2Cl)s1. The third-order valence-electron chi connectivity index (χ3n) is 2.30. The van der Waals surface area contributed by atoms with Crippen molar-refractivity contribution in [3.63, 3.8) is 0 Å². The van der Waals surface area contributed by atoms with Gasteiger partial charge in [-0.15, -0.1) is 11.3 Å². The van der Waals surface area contributed by atoms with Crippen LogP contribution in [0.15, 0.2) is 24.3 Å². The summed E-state index contributed by atoms with van der Waals surface area (Å²) in [6, 6.07) is 7.85. The molecule has 2 aromatic rings. The first-order valence-electron chi connectivity index (χ1n) is 5.13. The van der Waals surface area contributed by atoms with Gasteiger partial charge >= 0.3 is 0 Å². The van der Waals surface area contributed by atoms with Crippen molar-refractivity contribution in [2.24, 2.45) is 5.73 Å². The molecule has 0 spiro atoms. The fourth-order valence-corrected chi connectivity index (χ4v) is 2.92. The van der Waals surface area contributed by atoms with Gasteiger partial charge in [0.1, 0.15) is 0 Å². The highest BCUT2D eigenvalue weighted by Gasteiger charge is 2.12. The van der Waals surface area contributed by atoms with Crippen LogP contribution in [0.25, 0.3) is 10.4 Å². The number of nitrogens with two attached hydrogens (primary N) is 1. The first-order valence-corrected chi connectivity index (χ1v) is 6.33. The maximum absolute atomic E-state index is 6.19. The molecular formula is C12H13ClN2S. The number of nitrogens with zero attached hydrogens (tertiary/aromatic N) is 1. The molecule has 0 saturated carbocycles. The molecule has 0 aliphatic rings. The van der Waals surface area contributed by atoms with E-state index < -0.39 is 0 Å². The van der Waals surface area contributed by atoms with E-state index in [1.165, 1.54) is 0 Å². The molecule has 0 atom stereocenters. The number of halogens is 1. The van der Waals surface area contributed by atoms with Gasteiger partial charge in [0.05, 0.1) is 15.6 Å². The van der Waals surface area contributed by atoms with Crippen LogP contribution in [-0.4, -0.2) is 11.5 Å². The molecule has 0 aliphatic heterocycles. The minimum absolute atomic E-state index is 0.612. The van der Waals surface area contributed by atoms with Crippen LogP contribution >= 0.6 is 22.9 Å². The summed E-state index contributed by atoms with van der Waals surface area (Å²) >= 11 is 7.86. The normalized spacial score (nSPS) is 10.7. The van der Waals surface area contributed by atoms with Crippen LogP contribution in [-0.2, 0) is 6.42 Å². The Morgan fingerprint density at radius 2 is 2.12 bits per heavy atom. The van der Waals surface area contributed by atoms with Gasteiger partial charge in [-0.1, -0.05) is 29.8 Å². The van der Waals surface area contributed by atoms with Gasteiger partial charge < -0.3 is 5.73 Å². The molecule has 0 radical (unpaired) electrons. The number of aryl methyl sites for hydroxylation is 1. The Bertz CT molecular complexity index is 494. The van der Waals surface area contributed by atoms with Crippen LogP contribution in [0.5, 0.6) is 0 Å². The smallest absolute Gasteiger partial charge is 0.0903 e. The van der Waals surface area contributed by atoms with Crippen LogP contribution < -0.4 is 5.73 Å². The topological polar surface area (TPSA) is 38.9 Å². The quantitative estimate of drug-likeness (QED) is 0.911. The van der Waals surface area contributed by atoms with Crippen LogP contribution in [0.1, 0.15) is 10.7 Å². The molecular weight excluding hydrogens is 240 g/mol. The highest BCUT2D eigenvalue weighted by atomic mass is 35.5. The van der Waals surface area contributed by atoms with Gasteiger partial charge in [-0.2, -0.15) is 0 Å². The molecule has 1 aromatic heterocycles. The Hall–Kier alpha value is -0.900. The second-order valence-corrected chi connectivity index (χ2v) is 5.14. The molecule has 1 aromatic carbocycles. The van der Waals surface area contributed by atoms with Crippen LogP contribution in [0.4, 0.5) is 0 Å². The molecule has 1 heterocycles. The number of thiazole rings is 1. The lowest BCUT2D eigenvalue weighted by Crippen LogP contribution is -2.03. The Morgan fingerprint density at radius 3 is 2.81 bits per heavy atom. The lowest BCUT2D eigenvalue weighted by Gasteiger charge is -2.03. The lowest BCUT2D eigenvalue weighted by atomic mass is 10.1. The number of aromatic nitrogens is 1. The maximum atomic E-state index is 6.19. The first-order chi connectivity index (χ1) is 7.72. The van der Waals surface area contributed by atoms with Crippen molar-refractivity contribution in [1.29, 1.82) is 0 Å². The van der Waals surface area contributed by atoms with Crippen LogP contribution in [0.2, 0.25) is 5.02 Å². The third kappa shape index (κ3) is 2.26. The standard InChI is InChI=1S/C12H13ClN2S/c1-8-15-11(6-7-14)12(16-8)9-4-2-3-5-10(9)13/h2-5H,6-7,14H2,1H3. The molecule has 0 bridgehead atoms. The van der Waals surface area contributed by atoms with Crippen molar-refractivity contribution in [2.45, 2.75) is 13.3 Å². The minimum Gasteiger partial charge on any atom is -0.330 e. The lowest BCUT2D eigenvalue weighted by molar-refractivity contribution is 0.931. The summed E-state index contributed by atoms with van der Waals surface area (Å²) in [4.78, 5) is 5.64. The second-order valence-electron chi connectivity index (χ2n) is 3.53. The van der Waals surface area contributed by atoms with Crippen LogP contribution in [0.3, 0.4) is 0 Å². The minimum atomic E-state index is 0.612. The summed E-state index contributed by atoms with van der Waals surface area (Å²) < 4.78 is 0. The van der Waals surface area contributed by atoms with Crippen molar-refractivity contribution in [2.75, 3.05) is 6.54 Å². The number of benzene rings is 1. The van der Waals surface area contributed by atoms with E-state index in [2.05, 4.69) is 4.98 Å². The van der Waals surface area contributed by atoms with E-state index in [1.54, 1.807) is 11.3 Å². The van der Waals surface area contributed by atoms with E-state index in [9.17, 15) is 0 Å². The molecule has 84 valence electrons. The fourth-order valence-electron chi connectivity index (χ4n) is 1.63. The summed E-state index contributed by atoms with van der Waals surface area (Å²) in [5.74, 6) is 0. The van der Waals surface area contributed by atoms with Crippen molar-refractivity contribution in [3.8, 4) is 10.4 Å². The van der Waals surface area contributed by atoms with E-state index in [0.29, 0.717) is 6.54 Å². The monoisotopic (exact) mass is 252 g/mol. The highest BCUT2D eigenvalue weighted by molar-refractivity contribution is 7.15. The number of hydrogen-bond donors (Lipinski definition) is 1. The number of rotatable bonds is 3. The summed E-state index contributed by atoms with van der Waals surface area (Å²) in [6.07, 6.45) is 0.797. The van der Waals surface area contributed by atoms with Gasteiger partial charge in [-0.3, -0.25) is 0 Å². The second kappa shape index (κ2) is 4.95. The third-order valence-corrected chi connectivity index (χ3v) is 3.68. The van der Waals surface area contributed by atoms with E-state index in [4.69, 9.17) is 17.3 Å². The molecule has 2 N–H and O–H groups in total. The molecule has 0 amide bonds. The van der Waals surface area contributed by atoms with Gasteiger partial charge in [0.25, 0.3) is 0 Å². The van der Waals surface area contributed by atoms with Crippen molar-refractivity contribution >= 4 is 22.9 Å². The molecule has 2 rings (SSSR count). The zero-order chi connectivity index (χ0) is 11.5. The van der Waals surface area contributed by atoms with Crippen molar-refractivity contribution in [3.05, 3.63) is 40.0 Å². The fraction of sp³-hybridized carbons (Fsp3) is 0.250. The molecule has 0 aliphatic carbocycles. The summed E-state index contributed by atoms with van der Waals surface area (Å²) in [7, 11) is 0. The van der Waals surface area contributed by atoms with Gasteiger partial charge in [-0.25, -0.2) is 4.98 Å². The summed E-state index contributed by atoms with van der Waals surface area (Å²) in [6.45, 7) is 2.62. The number of hydrogen-bond acceptors (Lipinski definition) is 3. The van der Waals surface area contributed by atoms with E-state index in [0.717, 1.165) is 32.6 Å². The average molecular weight is 253 g/mol. The molecule has 0 saturated heterocycles. The zero-order valence-corrected chi connectivity index (χ0v) is 10.6. The van der Waals surface area contributed by atoms with Gasteiger partial charge in [-0.05, 0) is 19.5 Å². The largest absolute Gasteiger partial charge is 0.330 e. The molecule has 4 heteroatoms. The van der Waals surface area contributed by atoms with E-state index >= 15 is 0 Å². The summed E-state index contributed by atoms with van der Waals surface area (Å²) in [5, 5.41) is 1.82. The van der Waals surface area contributed by atoms with Gasteiger partial charge in [0, 0.05) is 17.0 Å². The van der Waals surface area contributed by atoms with Gasteiger partial charge in [0.15, 0.2) is 0 Å². The molecule has 0 fully saturated rings. The molecule has 16 heavy (non-hydrogen) atoms.